The highest BCUT2D eigenvalue weighted by Crippen LogP contribution is 2.41. The number of fused-ring (bicyclic) bond motifs is 8. The molecular formula is C37H24. The molecule has 0 saturated carbocycles. The summed E-state index contributed by atoms with van der Waals surface area (Å²) in [5.74, 6) is 0. The van der Waals surface area contributed by atoms with Gasteiger partial charge in [-0.25, -0.2) is 0 Å². The molecule has 0 atom stereocenters. The second-order valence-corrected chi connectivity index (χ2v) is 10.2. The van der Waals surface area contributed by atoms with Gasteiger partial charge in [0.05, 0.1) is 0 Å². The van der Waals surface area contributed by atoms with Crippen molar-refractivity contribution in [1.82, 2.24) is 0 Å². The summed E-state index contributed by atoms with van der Waals surface area (Å²) in [5.41, 5.74) is 10.7. The van der Waals surface area contributed by atoms with Crippen LogP contribution >= 0.6 is 0 Å². The first-order valence-electron chi connectivity index (χ1n) is 13.0. The lowest BCUT2D eigenvalue weighted by molar-refractivity contribution is 1.27. The van der Waals surface area contributed by atoms with Crippen LogP contribution in [0.5, 0.6) is 0 Å². The van der Waals surface area contributed by atoms with Crippen molar-refractivity contribution >= 4 is 32.3 Å². The molecule has 1 aliphatic rings. The van der Waals surface area contributed by atoms with Crippen molar-refractivity contribution in [2.75, 3.05) is 0 Å². The van der Waals surface area contributed by atoms with Crippen molar-refractivity contribution in [3.63, 3.8) is 0 Å². The van der Waals surface area contributed by atoms with Gasteiger partial charge in [-0.1, -0.05) is 121 Å². The lowest BCUT2D eigenvalue weighted by atomic mass is 9.92. The maximum atomic E-state index is 2.42. The summed E-state index contributed by atoms with van der Waals surface area (Å²) in [6.07, 6.45) is 1.03. The molecule has 0 aliphatic heterocycles. The second kappa shape index (κ2) is 7.91. The molecule has 1 aliphatic carbocycles. The van der Waals surface area contributed by atoms with E-state index in [0.717, 1.165) is 6.42 Å². The fourth-order valence-corrected chi connectivity index (χ4v) is 6.18. The molecule has 0 aromatic heterocycles. The van der Waals surface area contributed by atoms with E-state index in [9.17, 15) is 0 Å². The first-order valence-corrected chi connectivity index (χ1v) is 13.0. The smallest absolute Gasteiger partial charge is 0.00132 e. The van der Waals surface area contributed by atoms with Crippen LogP contribution in [0.4, 0.5) is 0 Å². The predicted octanol–water partition coefficient (Wildman–Crippen LogP) is 10.1. The maximum Gasteiger partial charge on any atom is -0.00132 e. The molecule has 0 heterocycles. The van der Waals surface area contributed by atoms with Gasteiger partial charge in [0.15, 0.2) is 0 Å². The van der Waals surface area contributed by atoms with E-state index in [1.165, 1.54) is 76.8 Å². The van der Waals surface area contributed by atoms with Crippen LogP contribution in [-0.4, -0.2) is 0 Å². The van der Waals surface area contributed by atoms with Gasteiger partial charge in [-0.05, 0) is 95.4 Å². The molecular weight excluding hydrogens is 444 g/mol. The minimum atomic E-state index is 1.03. The third-order valence-electron chi connectivity index (χ3n) is 8.07. The molecule has 0 nitrogen and oxygen atoms in total. The molecule has 0 amide bonds. The van der Waals surface area contributed by atoms with Gasteiger partial charge in [0.2, 0.25) is 0 Å². The largest absolute Gasteiger partial charge is 0.0622 e. The monoisotopic (exact) mass is 468 g/mol. The number of rotatable bonds is 2. The average molecular weight is 469 g/mol. The fraction of sp³-hybridized carbons (Fsp3) is 0.0270. The zero-order valence-electron chi connectivity index (χ0n) is 20.4. The molecule has 0 radical (unpaired) electrons. The Balaban J connectivity index is 1.24. The van der Waals surface area contributed by atoms with E-state index < -0.39 is 0 Å². The molecule has 7 aromatic rings. The lowest BCUT2D eigenvalue weighted by Gasteiger charge is -2.11. The predicted molar refractivity (Wildman–Crippen MR) is 158 cm³/mol. The lowest BCUT2D eigenvalue weighted by Crippen LogP contribution is -1.86. The van der Waals surface area contributed by atoms with E-state index in [0.29, 0.717) is 0 Å². The molecule has 37 heavy (non-hydrogen) atoms. The number of benzene rings is 7. The van der Waals surface area contributed by atoms with Gasteiger partial charge >= 0.3 is 0 Å². The molecule has 7 aromatic carbocycles. The van der Waals surface area contributed by atoms with Crippen molar-refractivity contribution in [2.45, 2.75) is 6.42 Å². The third-order valence-corrected chi connectivity index (χ3v) is 8.07. The highest BCUT2D eigenvalue weighted by Gasteiger charge is 2.19. The molecule has 0 N–H and O–H groups in total. The Morgan fingerprint density at radius 2 is 0.919 bits per heavy atom. The molecule has 0 fully saturated rings. The molecule has 0 spiro atoms. The minimum Gasteiger partial charge on any atom is -0.0622 e. The van der Waals surface area contributed by atoms with E-state index >= 15 is 0 Å². The normalized spacial score (nSPS) is 12.2. The quantitative estimate of drug-likeness (QED) is 0.221. The molecule has 8 rings (SSSR count). The van der Waals surface area contributed by atoms with Crippen molar-refractivity contribution in [3.8, 4) is 33.4 Å². The Kier molecular flexibility index (Phi) is 4.39. The maximum absolute atomic E-state index is 2.42. The van der Waals surface area contributed by atoms with Gasteiger partial charge in [-0.3, -0.25) is 0 Å². The summed E-state index contributed by atoms with van der Waals surface area (Å²) < 4.78 is 0. The standard InChI is InChI=1S/C37H24/c1-2-6-24(7-3-1)25-10-12-26(13-11-25)27-14-17-33-29(20-27)15-19-35-34(33)18-16-30-22-31-21-28-8-4-5-9-32(28)37(31)23-36(30)35/h1-20,22-23H,21H2. The minimum absolute atomic E-state index is 1.03. The van der Waals surface area contributed by atoms with E-state index in [4.69, 9.17) is 0 Å². The Labute approximate surface area is 216 Å². The molecule has 0 unspecified atom stereocenters. The molecule has 172 valence electrons. The van der Waals surface area contributed by atoms with Crippen molar-refractivity contribution in [2.24, 2.45) is 0 Å². The van der Waals surface area contributed by atoms with E-state index in [1.807, 2.05) is 0 Å². The fourth-order valence-electron chi connectivity index (χ4n) is 6.18. The van der Waals surface area contributed by atoms with Crippen LogP contribution in [0.25, 0.3) is 65.7 Å². The van der Waals surface area contributed by atoms with Crippen LogP contribution in [-0.2, 0) is 6.42 Å². The summed E-state index contributed by atoms with van der Waals surface area (Å²) in [4.78, 5) is 0. The van der Waals surface area contributed by atoms with Gasteiger partial charge in [-0.15, -0.1) is 0 Å². The average Bonchev–Trinajstić information content (AvgIpc) is 3.33. The number of hydrogen-bond donors (Lipinski definition) is 0. The second-order valence-electron chi connectivity index (χ2n) is 10.2. The molecule has 0 bridgehead atoms. The first-order chi connectivity index (χ1) is 18.3. The zero-order valence-corrected chi connectivity index (χ0v) is 20.4. The van der Waals surface area contributed by atoms with Crippen molar-refractivity contribution < 1.29 is 0 Å². The van der Waals surface area contributed by atoms with Gasteiger partial charge < -0.3 is 0 Å². The topological polar surface area (TPSA) is 0 Å². The molecule has 0 saturated heterocycles. The number of hydrogen-bond acceptors (Lipinski definition) is 0. The van der Waals surface area contributed by atoms with E-state index in [1.54, 1.807) is 0 Å². The Hall–Kier alpha value is -4.68. The van der Waals surface area contributed by atoms with Crippen LogP contribution < -0.4 is 0 Å². The first kappa shape index (κ1) is 20.5. The van der Waals surface area contributed by atoms with Gasteiger partial charge in [0.1, 0.15) is 0 Å². The summed E-state index contributed by atoms with van der Waals surface area (Å²) in [6, 6.07) is 49.2. The Morgan fingerprint density at radius 3 is 1.73 bits per heavy atom. The van der Waals surface area contributed by atoms with Gasteiger partial charge in [-0.2, -0.15) is 0 Å². The summed E-state index contributed by atoms with van der Waals surface area (Å²) in [7, 11) is 0. The summed E-state index contributed by atoms with van der Waals surface area (Å²) in [5, 5.41) is 7.91. The van der Waals surface area contributed by atoms with Crippen LogP contribution in [0, 0.1) is 0 Å². The van der Waals surface area contributed by atoms with Crippen LogP contribution in [0.2, 0.25) is 0 Å². The Morgan fingerprint density at radius 1 is 0.324 bits per heavy atom. The summed E-state index contributed by atoms with van der Waals surface area (Å²) >= 11 is 0. The van der Waals surface area contributed by atoms with Gasteiger partial charge in [0.25, 0.3) is 0 Å². The van der Waals surface area contributed by atoms with Crippen LogP contribution in [0.3, 0.4) is 0 Å². The SMILES string of the molecule is c1ccc(-c2ccc(-c3ccc4c(ccc5c6cc7c(cc6ccc45)Cc4ccccc4-7)c3)cc2)cc1. The van der Waals surface area contributed by atoms with Gasteiger partial charge in [0, 0.05) is 0 Å². The van der Waals surface area contributed by atoms with E-state index in [2.05, 4.69) is 133 Å². The van der Waals surface area contributed by atoms with Crippen LogP contribution in [0.15, 0.2) is 133 Å². The third kappa shape index (κ3) is 3.23. The van der Waals surface area contributed by atoms with E-state index in [-0.39, 0.29) is 0 Å². The Bertz CT molecular complexity index is 1980. The van der Waals surface area contributed by atoms with Crippen molar-refractivity contribution in [3.05, 3.63) is 145 Å². The highest BCUT2D eigenvalue weighted by atomic mass is 14.2. The van der Waals surface area contributed by atoms with Crippen LogP contribution in [0.1, 0.15) is 11.1 Å². The zero-order chi connectivity index (χ0) is 24.3. The summed E-state index contributed by atoms with van der Waals surface area (Å²) in [6.45, 7) is 0. The molecule has 0 heteroatoms. The van der Waals surface area contributed by atoms with Crippen molar-refractivity contribution in [1.29, 1.82) is 0 Å². The highest BCUT2D eigenvalue weighted by molar-refractivity contribution is 6.18.